The number of aromatic nitrogens is 6. The summed E-state index contributed by atoms with van der Waals surface area (Å²) in [5.74, 6) is -0.457. The molecule has 8 rings (SSSR count). The molecule has 3 aliphatic rings. The van der Waals surface area contributed by atoms with Crippen LogP contribution in [-0.4, -0.2) is 97.5 Å². The zero-order chi connectivity index (χ0) is 42.3. The molecule has 0 spiro atoms. The summed E-state index contributed by atoms with van der Waals surface area (Å²) in [6.07, 6.45) is 3.62. The minimum Gasteiger partial charge on any atom is -0.489 e. The van der Waals surface area contributed by atoms with Gasteiger partial charge in [-0.05, 0) is 80.4 Å². The van der Waals surface area contributed by atoms with Gasteiger partial charge < -0.3 is 15.0 Å². The second kappa shape index (κ2) is 16.1. The quantitative estimate of drug-likeness (QED) is 0.137. The van der Waals surface area contributed by atoms with Crippen LogP contribution < -0.4 is 25.8 Å². The largest absolute Gasteiger partial charge is 0.489 e. The van der Waals surface area contributed by atoms with Gasteiger partial charge in [0.2, 0.25) is 11.6 Å². The Morgan fingerprint density at radius 1 is 0.950 bits per heavy atom. The number of ether oxygens (including phenoxy) is 1. The van der Waals surface area contributed by atoms with Crippen LogP contribution in [0, 0.1) is 17.4 Å². The lowest BCUT2D eigenvalue weighted by molar-refractivity contribution is -0.164. The number of anilines is 1. The Hall–Kier alpha value is -6.18. The van der Waals surface area contributed by atoms with Crippen molar-refractivity contribution in [3.63, 3.8) is 0 Å². The predicted octanol–water partition coefficient (Wildman–Crippen LogP) is 4.92. The van der Waals surface area contributed by atoms with Crippen molar-refractivity contribution in [2.45, 2.75) is 71.6 Å². The lowest BCUT2D eigenvalue weighted by atomic mass is 9.49. The number of nitrogens with zero attached hydrogens (tertiary/aromatic N) is 9. The predicted molar refractivity (Wildman–Crippen MR) is 224 cm³/mol. The number of benzene rings is 3. The number of nitrogens with one attached hydrogen (secondary N) is 2. The zero-order valence-corrected chi connectivity index (χ0v) is 34.6. The number of piperidine rings is 1. The number of carbonyl (C=O) groups is 3. The fourth-order valence-electron chi connectivity index (χ4n) is 9.18. The monoisotopic (exact) mass is 831 g/mol. The van der Waals surface area contributed by atoms with E-state index < -0.39 is 17.5 Å². The van der Waals surface area contributed by atoms with E-state index in [0.717, 1.165) is 61.6 Å². The molecule has 2 aliphatic heterocycles. The molecule has 0 bridgehead atoms. The van der Waals surface area contributed by atoms with E-state index in [9.17, 15) is 19.2 Å². The molecular weight excluding hydrogens is 786 g/mol. The Balaban J connectivity index is 0.802. The highest BCUT2D eigenvalue weighted by Gasteiger charge is 2.64. The van der Waals surface area contributed by atoms with Gasteiger partial charge in [-0.15, -0.1) is 10.2 Å². The summed E-state index contributed by atoms with van der Waals surface area (Å²) in [6, 6.07) is 17.0. The van der Waals surface area contributed by atoms with E-state index in [1.54, 1.807) is 41.1 Å². The summed E-state index contributed by atoms with van der Waals surface area (Å²) in [5.41, 5.74) is 2.75. The molecule has 17 heteroatoms. The maximum atomic E-state index is 13.5. The van der Waals surface area contributed by atoms with Crippen LogP contribution in [0.2, 0.25) is 5.02 Å². The Kier molecular flexibility index (Phi) is 10.9. The number of aryl methyl sites for hydroxylation is 1. The van der Waals surface area contributed by atoms with E-state index in [-0.39, 0.29) is 53.0 Å². The smallest absolute Gasteiger partial charge is 0.278 e. The Morgan fingerprint density at radius 3 is 2.38 bits per heavy atom. The summed E-state index contributed by atoms with van der Waals surface area (Å²) in [5, 5.41) is 22.9. The van der Waals surface area contributed by atoms with Crippen molar-refractivity contribution in [1.82, 2.24) is 45.5 Å². The number of piperazine rings is 1. The fourth-order valence-corrected chi connectivity index (χ4v) is 9.40. The van der Waals surface area contributed by atoms with Gasteiger partial charge in [-0.2, -0.15) is 4.68 Å². The molecule has 60 heavy (non-hydrogen) atoms. The van der Waals surface area contributed by atoms with E-state index in [0.29, 0.717) is 33.2 Å². The third-order valence-electron chi connectivity index (χ3n) is 12.2. The standard InChI is InChI=1S/C43H46ClN11O5/c1-42(2)40(43(3,4)41(42)60-30-13-15-34(45-5)32(44)24-30)47-37(57)26-8-10-28(11-9-26)53-21-19-52(20-22-53)18-6-7-27-25-54(50-48-27)29-12-14-33-31(23-29)39(59)55(51-49-33)35-16-17-36(56)46-38(35)58/h8-15,23-25,35,40-41H,6-7,16-22H2,1-4H3,(H,47,57)(H,46,56,58). The van der Waals surface area contributed by atoms with Gasteiger partial charge in [0.25, 0.3) is 17.4 Å². The molecule has 3 fully saturated rings. The number of halogens is 1. The van der Waals surface area contributed by atoms with Gasteiger partial charge in [-0.25, -0.2) is 9.53 Å². The molecule has 3 amide bonds. The van der Waals surface area contributed by atoms with Crippen molar-refractivity contribution in [1.29, 1.82) is 0 Å². The molecule has 0 radical (unpaired) electrons. The van der Waals surface area contributed by atoms with Crippen LogP contribution in [0.15, 0.2) is 71.7 Å². The van der Waals surface area contributed by atoms with Crippen LogP contribution in [0.1, 0.15) is 69.1 Å². The van der Waals surface area contributed by atoms with E-state index in [1.807, 2.05) is 30.5 Å². The van der Waals surface area contributed by atoms with Gasteiger partial charge in [0, 0.05) is 60.7 Å². The summed E-state index contributed by atoms with van der Waals surface area (Å²) in [6.45, 7) is 20.1. The molecule has 2 aromatic heterocycles. The maximum Gasteiger partial charge on any atom is 0.278 e. The van der Waals surface area contributed by atoms with Gasteiger partial charge in [0.05, 0.1) is 34.6 Å². The molecule has 3 aromatic carbocycles. The Bertz CT molecular complexity index is 2560. The summed E-state index contributed by atoms with van der Waals surface area (Å²) in [4.78, 5) is 59.0. The topological polar surface area (TPSA) is 174 Å². The van der Waals surface area contributed by atoms with Crippen molar-refractivity contribution >= 4 is 51.6 Å². The molecule has 2 saturated heterocycles. The number of rotatable bonds is 11. The molecule has 5 aromatic rings. The Labute approximate surface area is 351 Å². The number of fused-ring (bicyclic) bond motifs is 1. The molecule has 2 N–H and O–H groups in total. The van der Waals surface area contributed by atoms with Gasteiger partial charge in [-0.3, -0.25) is 29.4 Å². The number of carbonyl (C=O) groups excluding carboxylic acids is 3. The molecule has 4 heterocycles. The van der Waals surface area contributed by atoms with Gasteiger partial charge >= 0.3 is 0 Å². The highest BCUT2D eigenvalue weighted by atomic mass is 35.5. The van der Waals surface area contributed by atoms with Crippen molar-refractivity contribution in [2.75, 3.05) is 37.6 Å². The van der Waals surface area contributed by atoms with Crippen molar-refractivity contribution in [3.8, 4) is 11.4 Å². The molecule has 1 aliphatic carbocycles. The van der Waals surface area contributed by atoms with Gasteiger partial charge in [-0.1, -0.05) is 55.8 Å². The second-order valence-corrected chi connectivity index (χ2v) is 17.3. The Morgan fingerprint density at radius 2 is 1.68 bits per heavy atom. The summed E-state index contributed by atoms with van der Waals surface area (Å²) in [7, 11) is 0. The maximum absolute atomic E-state index is 13.5. The first-order valence-electron chi connectivity index (χ1n) is 20.1. The molecule has 1 saturated carbocycles. The molecular formula is C43H46ClN11O5. The third-order valence-corrected chi connectivity index (χ3v) is 12.5. The first-order valence-corrected chi connectivity index (χ1v) is 20.5. The average molecular weight is 832 g/mol. The van der Waals surface area contributed by atoms with Crippen LogP contribution >= 0.6 is 11.6 Å². The highest BCUT2D eigenvalue weighted by molar-refractivity contribution is 6.33. The normalized spacial score (nSPS) is 21.2. The minimum atomic E-state index is -0.899. The summed E-state index contributed by atoms with van der Waals surface area (Å²) >= 11 is 6.26. The van der Waals surface area contributed by atoms with E-state index in [1.165, 1.54) is 0 Å². The van der Waals surface area contributed by atoms with Gasteiger partial charge in [0.1, 0.15) is 23.4 Å². The SMILES string of the molecule is [C-]#[N+]c1ccc(OC2C(C)(C)C(NC(=O)c3ccc(N4CCN(CCCc5cn(-c6ccc7nnn(C8CCC(=O)NC8=O)c(=O)c7c6)nn5)CC4)cc3)C2(C)C)cc1Cl. The van der Waals surface area contributed by atoms with Crippen molar-refractivity contribution < 1.29 is 19.1 Å². The lowest BCUT2D eigenvalue weighted by Gasteiger charge is -2.63. The van der Waals surface area contributed by atoms with Crippen molar-refractivity contribution in [3.05, 3.63) is 105 Å². The van der Waals surface area contributed by atoms with E-state index in [2.05, 4.69) is 73.6 Å². The molecule has 16 nitrogen and oxygen atoms in total. The van der Waals surface area contributed by atoms with Gasteiger partial charge in [0.15, 0.2) is 0 Å². The second-order valence-electron chi connectivity index (χ2n) is 16.9. The molecule has 1 atom stereocenters. The van der Waals surface area contributed by atoms with Crippen LogP contribution in [-0.2, 0) is 16.0 Å². The molecule has 310 valence electrons. The fraction of sp³-hybridized carbons (Fsp3) is 0.419. The van der Waals surface area contributed by atoms with E-state index >= 15 is 0 Å². The highest BCUT2D eigenvalue weighted by Crippen LogP contribution is 2.55. The first-order chi connectivity index (χ1) is 28.7. The zero-order valence-electron chi connectivity index (χ0n) is 33.9. The average Bonchev–Trinajstić information content (AvgIpc) is 3.71. The lowest BCUT2D eigenvalue weighted by Crippen LogP contribution is -2.74. The number of hydrogen-bond donors (Lipinski definition) is 2. The number of imide groups is 1. The number of amides is 3. The van der Waals surface area contributed by atoms with E-state index in [4.69, 9.17) is 22.9 Å². The summed E-state index contributed by atoms with van der Waals surface area (Å²) < 4.78 is 9.05. The molecule has 1 unspecified atom stereocenters. The third kappa shape index (κ3) is 7.82. The van der Waals surface area contributed by atoms with Crippen molar-refractivity contribution in [2.24, 2.45) is 10.8 Å². The van der Waals surface area contributed by atoms with Crippen LogP contribution in [0.4, 0.5) is 11.4 Å². The minimum absolute atomic E-state index is 0.121. The first kappa shape index (κ1) is 40.6. The van der Waals surface area contributed by atoms with Crippen LogP contribution in [0.25, 0.3) is 21.4 Å². The number of hydrogen-bond acceptors (Lipinski definition) is 11. The van der Waals surface area contributed by atoms with Crippen LogP contribution in [0.5, 0.6) is 5.75 Å². The van der Waals surface area contributed by atoms with Crippen LogP contribution in [0.3, 0.4) is 0 Å².